The molecule has 5 unspecified atom stereocenters. The number of hydrogen-bond donors (Lipinski definition) is 7. The first-order chi connectivity index (χ1) is 19.2. The van der Waals surface area contributed by atoms with Gasteiger partial charge in [0, 0.05) is 29.9 Å². The number of aliphatic hydroxyl groups is 1. The van der Waals surface area contributed by atoms with Gasteiger partial charge in [-0.2, -0.15) is 0 Å². The monoisotopic (exact) mass is 549 g/mol. The topological polar surface area (TPSA) is 173 Å². The van der Waals surface area contributed by atoms with Crippen LogP contribution in [-0.2, 0) is 32.0 Å². The van der Waals surface area contributed by atoms with Crippen molar-refractivity contribution in [1.29, 1.82) is 0 Å². The maximum absolute atomic E-state index is 13.5. The number of nitrogens with one attached hydrogen (secondary N) is 5. The maximum atomic E-state index is 13.5. The molecule has 0 aliphatic carbocycles. The van der Waals surface area contributed by atoms with Gasteiger partial charge in [-0.15, -0.1) is 0 Å². The van der Waals surface area contributed by atoms with E-state index in [0.717, 1.165) is 22.9 Å². The fourth-order valence-corrected chi connectivity index (χ4v) is 4.88. The minimum Gasteiger partial charge on any atom is -0.480 e. The van der Waals surface area contributed by atoms with E-state index in [-0.39, 0.29) is 18.7 Å². The second kappa shape index (κ2) is 13.2. The lowest BCUT2D eigenvalue weighted by atomic mass is 10.0. The normalized spacial score (nSPS) is 17.9. The number of aromatic nitrogens is 1. The van der Waals surface area contributed by atoms with E-state index in [1.165, 1.54) is 6.92 Å². The van der Waals surface area contributed by atoms with Gasteiger partial charge in [-0.1, -0.05) is 48.5 Å². The fourth-order valence-electron chi connectivity index (χ4n) is 4.88. The van der Waals surface area contributed by atoms with E-state index in [2.05, 4.69) is 26.3 Å². The predicted octanol–water partition coefficient (Wildman–Crippen LogP) is 0.625. The van der Waals surface area contributed by atoms with Crippen molar-refractivity contribution < 1.29 is 29.4 Å². The Morgan fingerprint density at radius 3 is 2.33 bits per heavy atom. The molecule has 0 spiro atoms. The summed E-state index contributed by atoms with van der Waals surface area (Å²) in [6.45, 7) is 2.03. The van der Waals surface area contributed by atoms with Crippen molar-refractivity contribution in [1.82, 2.24) is 26.3 Å². The summed E-state index contributed by atoms with van der Waals surface area (Å²) >= 11 is 0. The molecule has 4 rings (SSSR count). The molecule has 3 aromatic rings. The van der Waals surface area contributed by atoms with Gasteiger partial charge in [0.25, 0.3) is 0 Å². The molecule has 1 aromatic heterocycles. The Kier molecular flexibility index (Phi) is 9.52. The molecular weight excluding hydrogens is 514 g/mol. The average Bonchev–Trinajstić information content (AvgIpc) is 3.62. The number of H-pyrrole nitrogens is 1. The van der Waals surface area contributed by atoms with Gasteiger partial charge in [-0.3, -0.25) is 14.4 Å². The van der Waals surface area contributed by atoms with E-state index in [9.17, 15) is 29.4 Å². The summed E-state index contributed by atoms with van der Waals surface area (Å²) in [6, 6.07) is 12.2. The molecule has 7 N–H and O–H groups in total. The van der Waals surface area contributed by atoms with Crippen molar-refractivity contribution >= 4 is 34.6 Å². The van der Waals surface area contributed by atoms with Gasteiger partial charge in [0.2, 0.25) is 17.7 Å². The van der Waals surface area contributed by atoms with Gasteiger partial charge in [0.15, 0.2) is 0 Å². The van der Waals surface area contributed by atoms with Crippen LogP contribution in [0.1, 0.15) is 30.9 Å². The third-order valence-electron chi connectivity index (χ3n) is 7.07. The third-order valence-corrected chi connectivity index (χ3v) is 7.07. The molecule has 3 amide bonds. The molecule has 5 atom stereocenters. The molecule has 11 heteroatoms. The quantitative estimate of drug-likeness (QED) is 0.173. The Labute approximate surface area is 231 Å². The van der Waals surface area contributed by atoms with E-state index < -0.39 is 48.1 Å². The fraction of sp³-hybridized carbons (Fsp3) is 0.379. The molecule has 40 heavy (non-hydrogen) atoms. The van der Waals surface area contributed by atoms with Crippen LogP contribution in [0, 0.1) is 0 Å². The molecule has 212 valence electrons. The second-order valence-corrected chi connectivity index (χ2v) is 10.1. The minimum atomic E-state index is -1.45. The number of aliphatic carboxylic acids is 1. The number of hydrogen-bond acceptors (Lipinski definition) is 6. The lowest BCUT2D eigenvalue weighted by Crippen LogP contribution is -2.60. The van der Waals surface area contributed by atoms with Crippen LogP contribution < -0.4 is 21.3 Å². The number of fused-ring (bicyclic) bond motifs is 1. The summed E-state index contributed by atoms with van der Waals surface area (Å²) in [5.74, 6) is -3.10. The molecule has 11 nitrogen and oxygen atoms in total. The lowest BCUT2D eigenvalue weighted by Gasteiger charge is -2.26. The zero-order chi connectivity index (χ0) is 28.6. The highest BCUT2D eigenvalue weighted by Crippen LogP contribution is 2.19. The molecule has 2 heterocycles. The molecule has 1 saturated heterocycles. The number of carbonyl (C=O) groups is 4. The van der Waals surface area contributed by atoms with Gasteiger partial charge < -0.3 is 36.5 Å². The molecule has 0 radical (unpaired) electrons. The van der Waals surface area contributed by atoms with Crippen LogP contribution in [0.5, 0.6) is 0 Å². The Morgan fingerprint density at radius 1 is 0.925 bits per heavy atom. The second-order valence-electron chi connectivity index (χ2n) is 10.1. The maximum Gasteiger partial charge on any atom is 0.326 e. The number of rotatable bonds is 12. The van der Waals surface area contributed by atoms with Crippen molar-refractivity contribution in [2.45, 2.75) is 62.9 Å². The summed E-state index contributed by atoms with van der Waals surface area (Å²) in [6.07, 6.45) is 2.07. The highest BCUT2D eigenvalue weighted by atomic mass is 16.4. The molecular formula is C29H35N5O6. The summed E-state index contributed by atoms with van der Waals surface area (Å²) in [5.41, 5.74) is 2.37. The number of aromatic amines is 1. The first kappa shape index (κ1) is 28.8. The zero-order valence-corrected chi connectivity index (χ0v) is 22.2. The lowest BCUT2D eigenvalue weighted by molar-refractivity contribution is -0.143. The minimum absolute atomic E-state index is 0.0238. The summed E-state index contributed by atoms with van der Waals surface area (Å²) in [4.78, 5) is 54.6. The largest absolute Gasteiger partial charge is 0.480 e. The van der Waals surface area contributed by atoms with Gasteiger partial charge in [0.05, 0.1) is 12.1 Å². The van der Waals surface area contributed by atoms with Gasteiger partial charge >= 0.3 is 5.97 Å². The third kappa shape index (κ3) is 7.25. The number of amides is 3. The Bertz CT molecular complexity index is 1330. The van der Waals surface area contributed by atoms with Crippen molar-refractivity contribution in [2.24, 2.45) is 0 Å². The first-order valence-corrected chi connectivity index (χ1v) is 13.4. The molecule has 0 saturated carbocycles. The standard InChI is InChI=1S/C29H35N5O6/c1-17(35)25(28(38)33-24(29(39)40)14-18-8-3-2-4-9-18)34-27(37)23(32-26(36)22-12-7-13-30-22)15-19-16-31-21-11-6-5-10-20(19)21/h2-6,8-11,16-17,22-25,30-31,35H,7,12-15H2,1H3,(H,32,36)(H,33,38)(H,34,37)(H,39,40). The molecule has 1 aliphatic rings. The molecule has 2 aromatic carbocycles. The van der Waals surface area contributed by atoms with Crippen molar-refractivity contribution in [3.63, 3.8) is 0 Å². The Morgan fingerprint density at radius 2 is 1.65 bits per heavy atom. The number of benzene rings is 2. The highest BCUT2D eigenvalue weighted by molar-refractivity contribution is 5.95. The molecule has 1 fully saturated rings. The van der Waals surface area contributed by atoms with Gasteiger partial charge in [-0.05, 0) is 43.5 Å². The van der Waals surface area contributed by atoms with Crippen molar-refractivity contribution in [3.8, 4) is 0 Å². The summed E-state index contributed by atoms with van der Waals surface area (Å²) < 4.78 is 0. The Balaban J connectivity index is 1.50. The van der Waals surface area contributed by atoms with E-state index in [4.69, 9.17) is 0 Å². The van der Waals surface area contributed by atoms with E-state index in [1.807, 2.05) is 24.3 Å². The number of para-hydroxylation sites is 1. The molecule has 0 bridgehead atoms. The van der Waals surface area contributed by atoms with Crippen LogP contribution in [0.15, 0.2) is 60.8 Å². The van der Waals surface area contributed by atoms with Crippen LogP contribution in [0.25, 0.3) is 10.9 Å². The van der Waals surface area contributed by atoms with E-state index in [0.29, 0.717) is 18.5 Å². The van der Waals surface area contributed by atoms with Crippen molar-refractivity contribution in [2.75, 3.05) is 6.54 Å². The number of aliphatic hydroxyl groups excluding tert-OH is 1. The smallest absolute Gasteiger partial charge is 0.326 e. The summed E-state index contributed by atoms with van der Waals surface area (Å²) in [7, 11) is 0. The van der Waals surface area contributed by atoms with Crippen LogP contribution in [0.4, 0.5) is 0 Å². The number of carbonyl (C=O) groups excluding carboxylic acids is 3. The van der Waals surface area contributed by atoms with Crippen LogP contribution in [-0.4, -0.2) is 75.7 Å². The van der Waals surface area contributed by atoms with Crippen LogP contribution in [0.2, 0.25) is 0 Å². The van der Waals surface area contributed by atoms with Gasteiger partial charge in [-0.25, -0.2) is 4.79 Å². The number of carboxylic acid groups (broad SMARTS) is 1. The SMILES string of the molecule is CC(O)C(NC(=O)C(Cc1c[nH]c2ccccc12)NC(=O)C1CCCN1)C(=O)NC(Cc1ccccc1)C(=O)O. The Hall–Kier alpha value is -4.22. The van der Waals surface area contributed by atoms with E-state index >= 15 is 0 Å². The highest BCUT2D eigenvalue weighted by Gasteiger charge is 2.34. The van der Waals surface area contributed by atoms with Crippen LogP contribution in [0.3, 0.4) is 0 Å². The first-order valence-electron chi connectivity index (χ1n) is 13.4. The summed E-state index contributed by atoms with van der Waals surface area (Å²) in [5, 5.41) is 31.8. The number of carboxylic acids is 1. The molecule has 1 aliphatic heterocycles. The average molecular weight is 550 g/mol. The van der Waals surface area contributed by atoms with E-state index in [1.54, 1.807) is 36.5 Å². The van der Waals surface area contributed by atoms with Gasteiger partial charge in [0.1, 0.15) is 18.1 Å². The zero-order valence-electron chi connectivity index (χ0n) is 22.2. The van der Waals surface area contributed by atoms with Crippen LogP contribution >= 0.6 is 0 Å². The van der Waals surface area contributed by atoms with Crippen molar-refractivity contribution in [3.05, 3.63) is 71.9 Å². The predicted molar refractivity (Wildman–Crippen MR) is 148 cm³/mol.